The van der Waals surface area contributed by atoms with E-state index < -0.39 is 5.92 Å². The molecule has 2 aromatic rings. The fourth-order valence-corrected chi connectivity index (χ4v) is 1.59. The smallest absolute Gasteiger partial charge is 0.202 e. The fourth-order valence-electron chi connectivity index (χ4n) is 1.59. The van der Waals surface area contributed by atoms with Crippen molar-refractivity contribution in [1.82, 2.24) is 0 Å². The molecule has 0 saturated carbocycles. The highest BCUT2D eigenvalue weighted by Gasteiger charge is 2.23. The van der Waals surface area contributed by atoms with Gasteiger partial charge >= 0.3 is 0 Å². The second-order valence-corrected chi connectivity index (χ2v) is 3.83. The number of benzene rings is 2. The van der Waals surface area contributed by atoms with E-state index in [0.717, 1.165) is 18.1 Å². The summed E-state index contributed by atoms with van der Waals surface area (Å²) in [5.74, 6) is -2.77. The van der Waals surface area contributed by atoms with E-state index in [1.807, 2.05) is 44.2 Å². The molecule has 0 heterocycles. The van der Waals surface area contributed by atoms with Crippen LogP contribution < -0.4 is 0 Å². The topological polar surface area (TPSA) is 0 Å². The van der Waals surface area contributed by atoms with Crippen LogP contribution in [0, 0.1) is 0 Å². The first kappa shape index (κ1) is 14.4. The van der Waals surface area contributed by atoms with Gasteiger partial charge in [0.1, 0.15) is 0 Å². The molecule has 96 valence electrons. The van der Waals surface area contributed by atoms with Crippen LogP contribution in [-0.4, -0.2) is 0 Å². The number of hydrogen-bond donors (Lipinski definition) is 0. The monoisotopic (exact) mass is 248 g/mol. The minimum atomic E-state index is -2.77. The molecule has 0 aliphatic carbocycles. The van der Waals surface area contributed by atoms with Crippen LogP contribution in [-0.2, 0) is 5.92 Å². The fraction of sp³-hybridized carbons (Fsp3) is 0.250. The molecule has 0 amide bonds. The Bertz CT molecular complexity index is 453. The Balaban J connectivity index is 0.000000771. The van der Waals surface area contributed by atoms with E-state index in [0.29, 0.717) is 0 Å². The Hall–Kier alpha value is -1.70. The van der Waals surface area contributed by atoms with Crippen molar-refractivity contribution >= 4 is 0 Å². The van der Waals surface area contributed by atoms with Crippen LogP contribution in [0.5, 0.6) is 0 Å². The van der Waals surface area contributed by atoms with Gasteiger partial charge in [0.15, 0.2) is 0 Å². The maximum atomic E-state index is 13.0. The van der Waals surface area contributed by atoms with Crippen molar-refractivity contribution in [3.63, 3.8) is 0 Å². The number of hydrogen-bond acceptors (Lipinski definition) is 0. The lowest BCUT2D eigenvalue weighted by molar-refractivity contribution is 0.0175. The zero-order valence-corrected chi connectivity index (χ0v) is 11.0. The second kappa shape index (κ2) is 6.29. The van der Waals surface area contributed by atoms with Crippen molar-refractivity contribution in [3.05, 3.63) is 60.2 Å². The minimum Gasteiger partial charge on any atom is -0.202 e. The Morgan fingerprint density at radius 3 is 1.61 bits per heavy atom. The van der Waals surface area contributed by atoms with Crippen molar-refractivity contribution in [2.75, 3.05) is 0 Å². The first-order valence-electron chi connectivity index (χ1n) is 6.11. The van der Waals surface area contributed by atoms with Crippen LogP contribution in [0.2, 0.25) is 0 Å². The van der Waals surface area contributed by atoms with Crippen LogP contribution in [0.15, 0.2) is 54.6 Å². The van der Waals surface area contributed by atoms with Gasteiger partial charge in [0.05, 0.1) is 0 Å². The Morgan fingerprint density at radius 2 is 1.17 bits per heavy atom. The summed E-state index contributed by atoms with van der Waals surface area (Å²) in [6.45, 7) is 4.91. The van der Waals surface area contributed by atoms with Gasteiger partial charge in [0.25, 0.3) is 5.92 Å². The Morgan fingerprint density at radius 1 is 0.722 bits per heavy atom. The summed E-state index contributed by atoms with van der Waals surface area (Å²) in [4.78, 5) is 0. The van der Waals surface area contributed by atoms with Gasteiger partial charge in [-0.25, -0.2) is 8.78 Å². The third kappa shape index (κ3) is 3.66. The molecule has 0 fully saturated rings. The maximum absolute atomic E-state index is 13.0. The van der Waals surface area contributed by atoms with E-state index >= 15 is 0 Å². The summed E-state index contributed by atoms with van der Waals surface area (Å²) in [7, 11) is 0. The van der Waals surface area contributed by atoms with Crippen LogP contribution in [0.3, 0.4) is 0 Å². The summed E-state index contributed by atoms with van der Waals surface area (Å²) >= 11 is 0. The average Bonchev–Trinajstić information content (AvgIpc) is 2.41. The zero-order chi connectivity index (χ0) is 13.6. The number of rotatable bonds is 2. The van der Waals surface area contributed by atoms with Crippen molar-refractivity contribution in [2.24, 2.45) is 0 Å². The van der Waals surface area contributed by atoms with Crippen molar-refractivity contribution in [1.29, 1.82) is 0 Å². The zero-order valence-electron chi connectivity index (χ0n) is 11.0. The maximum Gasteiger partial charge on any atom is 0.270 e. The van der Waals surface area contributed by atoms with Gasteiger partial charge in [0, 0.05) is 12.5 Å². The average molecular weight is 248 g/mol. The minimum absolute atomic E-state index is 0.0483. The van der Waals surface area contributed by atoms with Crippen molar-refractivity contribution < 1.29 is 8.78 Å². The molecule has 0 spiro atoms. The lowest BCUT2D eigenvalue weighted by Crippen LogP contribution is -2.06. The van der Waals surface area contributed by atoms with Crippen molar-refractivity contribution in [2.45, 2.75) is 26.7 Å². The van der Waals surface area contributed by atoms with E-state index in [2.05, 4.69) is 0 Å². The molecule has 0 aliphatic rings. The highest BCUT2D eigenvalue weighted by Crippen LogP contribution is 2.28. The van der Waals surface area contributed by atoms with Gasteiger partial charge in [-0.15, -0.1) is 0 Å². The predicted octanol–water partition coefficient (Wildman–Crippen LogP) is 5.49. The van der Waals surface area contributed by atoms with Crippen LogP contribution in [0.25, 0.3) is 11.1 Å². The van der Waals surface area contributed by atoms with Gasteiger partial charge in [-0.1, -0.05) is 68.4 Å². The summed E-state index contributed by atoms with van der Waals surface area (Å²) < 4.78 is 26.0. The van der Waals surface area contributed by atoms with Gasteiger partial charge in [-0.05, 0) is 11.1 Å². The Kier molecular flexibility index (Phi) is 5.02. The molecular formula is C16H18F2. The molecule has 2 rings (SSSR count). The SMILES string of the molecule is CC.CC(F)(F)c1ccc(-c2ccccc2)cc1. The quantitative estimate of drug-likeness (QED) is 0.659. The summed E-state index contributed by atoms with van der Waals surface area (Å²) in [6, 6.07) is 16.1. The molecule has 0 atom stereocenters. The highest BCUT2D eigenvalue weighted by atomic mass is 19.3. The van der Waals surface area contributed by atoms with Gasteiger partial charge in [0.2, 0.25) is 0 Å². The van der Waals surface area contributed by atoms with Gasteiger partial charge in [-0.2, -0.15) is 0 Å². The molecule has 0 N–H and O–H groups in total. The molecular weight excluding hydrogens is 230 g/mol. The van der Waals surface area contributed by atoms with E-state index in [4.69, 9.17) is 0 Å². The van der Waals surface area contributed by atoms with E-state index in [9.17, 15) is 8.78 Å². The van der Waals surface area contributed by atoms with E-state index in [1.54, 1.807) is 12.1 Å². The number of alkyl halides is 2. The lowest BCUT2D eigenvalue weighted by atomic mass is 10.0. The molecule has 0 unspecified atom stereocenters. The molecule has 0 radical (unpaired) electrons. The van der Waals surface area contributed by atoms with Crippen LogP contribution >= 0.6 is 0 Å². The van der Waals surface area contributed by atoms with Crippen LogP contribution in [0.4, 0.5) is 8.78 Å². The molecule has 0 aromatic heterocycles. The van der Waals surface area contributed by atoms with E-state index in [1.165, 1.54) is 12.1 Å². The molecule has 0 aliphatic heterocycles. The lowest BCUT2D eigenvalue weighted by Gasteiger charge is -2.11. The molecule has 0 saturated heterocycles. The third-order valence-corrected chi connectivity index (χ3v) is 2.50. The van der Waals surface area contributed by atoms with Gasteiger partial charge in [-0.3, -0.25) is 0 Å². The molecule has 18 heavy (non-hydrogen) atoms. The third-order valence-electron chi connectivity index (χ3n) is 2.50. The predicted molar refractivity (Wildman–Crippen MR) is 72.8 cm³/mol. The summed E-state index contributed by atoms with van der Waals surface area (Å²) in [6.07, 6.45) is 0. The van der Waals surface area contributed by atoms with Gasteiger partial charge < -0.3 is 0 Å². The second-order valence-electron chi connectivity index (χ2n) is 3.83. The van der Waals surface area contributed by atoms with E-state index in [-0.39, 0.29) is 5.56 Å². The standard InChI is InChI=1S/C14H12F2.C2H6/c1-14(15,16)13-9-7-12(8-10-13)11-5-3-2-4-6-11;1-2/h2-10H,1H3;1-2H3. The molecule has 0 nitrogen and oxygen atoms in total. The summed E-state index contributed by atoms with van der Waals surface area (Å²) in [5, 5.41) is 0. The Labute approximate surface area is 107 Å². The normalized spacial score (nSPS) is 10.5. The molecule has 2 aromatic carbocycles. The van der Waals surface area contributed by atoms with Crippen molar-refractivity contribution in [3.8, 4) is 11.1 Å². The largest absolute Gasteiger partial charge is 0.270 e. The highest BCUT2D eigenvalue weighted by molar-refractivity contribution is 5.63. The first-order valence-corrected chi connectivity index (χ1v) is 6.11. The summed E-state index contributed by atoms with van der Waals surface area (Å²) in [5.41, 5.74) is 2.04. The van der Waals surface area contributed by atoms with Crippen LogP contribution in [0.1, 0.15) is 26.3 Å². The first-order chi connectivity index (χ1) is 8.57. The number of halogens is 2. The molecule has 2 heteroatoms. The molecule has 0 bridgehead atoms.